The molecule has 0 atom stereocenters. The van der Waals surface area contributed by atoms with Gasteiger partial charge in [0.25, 0.3) is 0 Å². The van der Waals surface area contributed by atoms with Crippen molar-refractivity contribution in [3.05, 3.63) is 57.8 Å². The van der Waals surface area contributed by atoms with E-state index in [0.29, 0.717) is 11.0 Å². The summed E-state index contributed by atoms with van der Waals surface area (Å²) in [5, 5.41) is 17.6. The van der Waals surface area contributed by atoms with E-state index in [0.717, 1.165) is 5.69 Å². The van der Waals surface area contributed by atoms with E-state index >= 15 is 0 Å². The lowest BCUT2D eigenvalue weighted by Gasteiger charge is -2.09. The maximum absolute atomic E-state index is 10.5. The Hall–Kier alpha value is -2.74. The van der Waals surface area contributed by atoms with Crippen LogP contribution in [0.4, 0.5) is 11.6 Å². The molecular weight excluding hydrogens is 316 g/mol. The Morgan fingerprint density at radius 3 is 2.57 bits per heavy atom. The Morgan fingerprint density at radius 1 is 1.30 bits per heavy atom. The van der Waals surface area contributed by atoms with E-state index in [4.69, 9.17) is 16.6 Å². The molecule has 0 unspecified atom stereocenters. The molecule has 8 heteroatoms. The monoisotopic (exact) mass is 332 g/mol. The molecule has 1 aromatic carbocycles. The molecule has 120 valence electrons. The lowest BCUT2D eigenvalue weighted by molar-refractivity contribution is -0.402. The number of nitrogens with one attached hydrogen (secondary N) is 2. The van der Waals surface area contributed by atoms with E-state index in [1.165, 1.54) is 23.9 Å². The van der Waals surface area contributed by atoms with Crippen molar-refractivity contribution in [2.45, 2.75) is 19.8 Å². The van der Waals surface area contributed by atoms with Gasteiger partial charge in [0, 0.05) is 5.69 Å². The van der Waals surface area contributed by atoms with Gasteiger partial charge < -0.3 is 9.73 Å². The van der Waals surface area contributed by atoms with Crippen LogP contribution in [0.25, 0.3) is 0 Å². The molecule has 2 N–H and O–H groups in total. The van der Waals surface area contributed by atoms with E-state index in [1.807, 2.05) is 24.3 Å². The number of nitro groups is 1. The first-order valence-corrected chi connectivity index (χ1v) is 7.31. The molecular formula is C15H16N4O3S. The third-order valence-electron chi connectivity index (χ3n) is 2.99. The molecule has 1 heterocycles. The Labute approximate surface area is 138 Å². The van der Waals surface area contributed by atoms with Crippen LogP contribution in [0.5, 0.6) is 0 Å². The molecule has 7 nitrogen and oxygen atoms in total. The molecule has 0 aliphatic rings. The fourth-order valence-electron chi connectivity index (χ4n) is 1.77. The molecule has 0 bridgehead atoms. The quantitative estimate of drug-likeness (QED) is 0.376. The summed E-state index contributed by atoms with van der Waals surface area (Å²) >= 11 is 5.11. The van der Waals surface area contributed by atoms with E-state index < -0.39 is 4.92 Å². The fraction of sp³-hybridized carbons (Fsp3) is 0.200. The van der Waals surface area contributed by atoms with Gasteiger partial charge in [0.05, 0.1) is 12.3 Å². The molecule has 1 aromatic heterocycles. The van der Waals surface area contributed by atoms with Gasteiger partial charge in [-0.3, -0.25) is 15.5 Å². The molecule has 0 aliphatic heterocycles. The highest BCUT2D eigenvalue weighted by Crippen LogP contribution is 2.17. The molecule has 0 saturated heterocycles. The van der Waals surface area contributed by atoms with Crippen molar-refractivity contribution < 1.29 is 9.34 Å². The standard InChI is InChI=1S/C15H16N4O3S/c1-10(2)11-3-5-12(6-4-11)17-15(23)18-16-9-13-7-8-14(22-13)19(20)21/h3-10H,1-2H3,(H2,17,18,23)/b16-9+. The highest BCUT2D eigenvalue weighted by Gasteiger charge is 2.10. The van der Waals surface area contributed by atoms with Crippen molar-refractivity contribution in [3.63, 3.8) is 0 Å². The number of thiocarbonyl (C=S) groups is 1. The second-order valence-corrected chi connectivity index (χ2v) is 5.44. The summed E-state index contributed by atoms with van der Waals surface area (Å²) in [6.07, 6.45) is 1.31. The Balaban J connectivity index is 1.86. The molecule has 2 aromatic rings. The third kappa shape index (κ3) is 4.89. The zero-order valence-corrected chi connectivity index (χ0v) is 13.5. The maximum Gasteiger partial charge on any atom is 0.433 e. The van der Waals surface area contributed by atoms with Crippen LogP contribution >= 0.6 is 12.2 Å². The molecule has 0 spiro atoms. The maximum atomic E-state index is 10.5. The number of anilines is 1. The molecule has 0 aliphatic carbocycles. The normalized spacial score (nSPS) is 10.9. The Bertz CT molecular complexity index is 723. The van der Waals surface area contributed by atoms with Crippen molar-refractivity contribution in [2.75, 3.05) is 5.32 Å². The first kappa shape index (κ1) is 16.6. The van der Waals surface area contributed by atoms with Gasteiger partial charge in [0.2, 0.25) is 0 Å². The zero-order valence-electron chi connectivity index (χ0n) is 12.6. The first-order chi connectivity index (χ1) is 11.0. The smallest absolute Gasteiger partial charge is 0.400 e. The van der Waals surface area contributed by atoms with Gasteiger partial charge in [-0.2, -0.15) is 5.10 Å². The Morgan fingerprint density at radius 2 is 2.00 bits per heavy atom. The summed E-state index contributed by atoms with van der Waals surface area (Å²) in [4.78, 5) is 9.87. The minimum Gasteiger partial charge on any atom is -0.400 e. The molecule has 0 saturated carbocycles. The minimum atomic E-state index is -0.613. The van der Waals surface area contributed by atoms with Crippen molar-refractivity contribution >= 4 is 35.1 Å². The number of furan rings is 1. The molecule has 23 heavy (non-hydrogen) atoms. The second kappa shape index (κ2) is 7.50. The van der Waals surface area contributed by atoms with Crippen LogP contribution in [0.1, 0.15) is 31.1 Å². The second-order valence-electron chi connectivity index (χ2n) is 5.03. The van der Waals surface area contributed by atoms with Gasteiger partial charge in [-0.05, 0) is 41.9 Å². The van der Waals surface area contributed by atoms with Crippen LogP contribution in [-0.4, -0.2) is 16.3 Å². The summed E-state index contributed by atoms with van der Waals surface area (Å²) in [6.45, 7) is 4.25. The number of rotatable bonds is 5. The average Bonchev–Trinajstić information content (AvgIpc) is 2.97. The lowest BCUT2D eigenvalue weighted by Crippen LogP contribution is -2.23. The van der Waals surface area contributed by atoms with Crippen LogP contribution < -0.4 is 10.7 Å². The van der Waals surface area contributed by atoms with Crippen LogP contribution in [-0.2, 0) is 0 Å². The molecule has 0 radical (unpaired) electrons. The van der Waals surface area contributed by atoms with Crippen LogP contribution in [0.15, 0.2) is 45.9 Å². The van der Waals surface area contributed by atoms with Crippen LogP contribution in [0.2, 0.25) is 0 Å². The predicted octanol–water partition coefficient (Wildman–Crippen LogP) is 3.63. The summed E-state index contributed by atoms with van der Waals surface area (Å²) in [6, 6.07) is 10.6. The summed E-state index contributed by atoms with van der Waals surface area (Å²) in [5.74, 6) is 0.391. The van der Waals surface area contributed by atoms with Gasteiger partial charge >= 0.3 is 5.88 Å². The van der Waals surface area contributed by atoms with Gasteiger partial charge in [-0.25, -0.2) is 0 Å². The number of nitrogens with zero attached hydrogens (tertiary/aromatic N) is 2. The predicted molar refractivity (Wildman–Crippen MR) is 92.8 cm³/mol. The number of hydrogen-bond acceptors (Lipinski definition) is 5. The van der Waals surface area contributed by atoms with Crippen molar-refractivity contribution in [2.24, 2.45) is 5.10 Å². The number of benzene rings is 1. The Kier molecular flexibility index (Phi) is 5.42. The largest absolute Gasteiger partial charge is 0.433 e. The van der Waals surface area contributed by atoms with Gasteiger partial charge in [-0.15, -0.1) is 0 Å². The van der Waals surface area contributed by atoms with E-state index in [9.17, 15) is 10.1 Å². The molecule has 2 rings (SSSR count). The first-order valence-electron chi connectivity index (χ1n) is 6.90. The summed E-state index contributed by atoms with van der Waals surface area (Å²) in [7, 11) is 0. The van der Waals surface area contributed by atoms with Gasteiger partial charge in [0.15, 0.2) is 10.9 Å². The van der Waals surface area contributed by atoms with E-state index in [2.05, 4.69) is 29.7 Å². The zero-order chi connectivity index (χ0) is 16.8. The summed E-state index contributed by atoms with van der Waals surface area (Å²) in [5.41, 5.74) is 4.70. The molecule has 0 amide bonds. The summed E-state index contributed by atoms with van der Waals surface area (Å²) < 4.78 is 4.93. The molecule has 0 fully saturated rings. The average molecular weight is 332 g/mol. The minimum absolute atomic E-state index is 0.258. The van der Waals surface area contributed by atoms with Crippen molar-refractivity contribution in [3.8, 4) is 0 Å². The van der Waals surface area contributed by atoms with Crippen LogP contribution in [0, 0.1) is 10.1 Å². The van der Waals surface area contributed by atoms with Crippen LogP contribution in [0.3, 0.4) is 0 Å². The van der Waals surface area contributed by atoms with Gasteiger partial charge in [0.1, 0.15) is 4.92 Å². The number of hydrogen-bond donors (Lipinski definition) is 2. The topological polar surface area (TPSA) is 92.7 Å². The fourth-order valence-corrected chi connectivity index (χ4v) is 1.95. The van der Waals surface area contributed by atoms with Crippen molar-refractivity contribution in [1.82, 2.24) is 5.43 Å². The number of hydrazone groups is 1. The lowest BCUT2D eigenvalue weighted by atomic mass is 10.0. The van der Waals surface area contributed by atoms with Crippen molar-refractivity contribution in [1.29, 1.82) is 0 Å². The van der Waals surface area contributed by atoms with E-state index in [-0.39, 0.29) is 11.6 Å². The SMILES string of the molecule is CC(C)c1ccc(NC(=S)N/N=C/c2ccc([N+](=O)[O-])o2)cc1. The third-order valence-corrected chi connectivity index (χ3v) is 3.18. The highest BCUT2D eigenvalue weighted by molar-refractivity contribution is 7.80. The highest BCUT2D eigenvalue weighted by atomic mass is 32.1. The van der Waals surface area contributed by atoms with Gasteiger partial charge in [-0.1, -0.05) is 26.0 Å². The van der Waals surface area contributed by atoms with E-state index in [1.54, 1.807) is 0 Å².